The molecule has 0 unspecified atom stereocenters. The number of carbonyl (C=O) groups is 1. The predicted molar refractivity (Wildman–Crippen MR) is 69.2 cm³/mol. The zero-order valence-corrected chi connectivity index (χ0v) is 10.8. The van der Waals surface area contributed by atoms with Crippen LogP contribution < -0.4 is 15.5 Å². The van der Waals surface area contributed by atoms with Crippen molar-refractivity contribution in [2.24, 2.45) is 0 Å². The second-order valence-corrected chi connectivity index (χ2v) is 4.62. The van der Waals surface area contributed by atoms with E-state index in [0.29, 0.717) is 18.5 Å². The highest BCUT2D eigenvalue weighted by Crippen LogP contribution is 2.18. The number of carbonyl (C=O) groups excluding carboxylic acids is 1. The lowest BCUT2D eigenvalue weighted by molar-refractivity contribution is -0.119. The SMILES string of the molecule is CNCc1cnc(N(C)CC(=O)NC2CC2)nc1. The fraction of sp³-hybridized carbons (Fsp3) is 0.583. The normalized spacial score (nSPS) is 14.3. The molecule has 1 aromatic heterocycles. The highest BCUT2D eigenvalue weighted by atomic mass is 16.2. The van der Waals surface area contributed by atoms with Crippen LogP contribution in [-0.4, -0.2) is 42.6 Å². The van der Waals surface area contributed by atoms with Crippen LogP contribution >= 0.6 is 0 Å². The molecule has 6 nitrogen and oxygen atoms in total. The van der Waals surface area contributed by atoms with Crippen molar-refractivity contribution in [2.45, 2.75) is 25.4 Å². The van der Waals surface area contributed by atoms with Crippen LogP contribution in [0.3, 0.4) is 0 Å². The van der Waals surface area contributed by atoms with Gasteiger partial charge in [0, 0.05) is 37.6 Å². The third-order valence-electron chi connectivity index (χ3n) is 2.74. The largest absolute Gasteiger partial charge is 0.352 e. The van der Waals surface area contributed by atoms with E-state index < -0.39 is 0 Å². The molecule has 18 heavy (non-hydrogen) atoms. The minimum atomic E-state index is 0.0305. The number of likely N-dealkylation sites (N-methyl/N-ethyl adjacent to an activating group) is 1. The molecule has 1 heterocycles. The van der Waals surface area contributed by atoms with E-state index in [1.54, 1.807) is 17.3 Å². The lowest BCUT2D eigenvalue weighted by atomic mass is 10.3. The molecule has 1 aliphatic rings. The molecule has 2 rings (SSSR count). The monoisotopic (exact) mass is 249 g/mol. The molecule has 98 valence electrons. The molecule has 1 fully saturated rings. The van der Waals surface area contributed by atoms with Crippen molar-refractivity contribution in [2.75, 3.05) is 25.5 Å². The fourth-order valence-electron chi connectivity index (χ4n) is 1.63. The Morgan fingerprint density at radius 3 is 2.67 bits per heavy atom. The molecule has 0 radical (unpaired) electrons. The second-order valence-electron chi connectivity index (χ2n) is 4.62. The molecule has 1 saturated carbocycles. The van der Waals surface area contributed by atoms with E-state index in [2.05, 4.69) is 20.6 Å². The van der Waals surface area contributed by atoms with E-state index in [4.69, 9.17) is 0 Å². The lowest BCUT2D eigenvalue weighted by Crippen LogP contribution is -2.36. The first kappa shape index (κ1) is 12.8. The topological polar surface area (TPSA) is 70.2 Å². The van der Waals surface area contributed by atoms with Crippen molar-refractivity contribution >= 4 is 11.9 Å². The summed E-state index contributed by atoms with van der Waals surface area (Å²) in [6.07, 6.45) is 5.75. The summed E-state index contributed by atoms with van der Waals surface area (Å²) >= 11 is 0. The van der Waals surface area contributed by atoms with Gasteiger partial charge in [0.05, 0.1) is 6.54 Å². The van der Waals surface area contributed by atoms with Gasteiger partial charge in [0.1, 0.15) is 0 Å². The average molecular weight is 249 g/mol. The Hall–Kier alpha value is -1.69. The second kappa shape index (κ2) is 5.77. The van der Waals surface area contributed by atoms with E-state index in [9.17, 15) is 4.79 Å². The van der Waals surface area contributed by atoms with Gasteiger partial charge < -0.3 is 15.5 Å². The molecule has 0 aliphatic heterocycles. The van der Waals surface area contributed by atoms with Gasteiger partial charge in [-0.15, -0.1) is 0 Å². The third-order valence-corrected chi connectivity index (χ3v) is 2.74. The Labute approximate surface area is 107 Å². The maximum absolute atomic E-state index is 11.6. The van der Waals surface area contributed by atoms with Gasteiger partial charge in [0.2, 0.25) is 11.9 Å². The Balaban J connectivity index is 1.86. The summed E-state index contributed by atoms with van der Waals surface area (Å²) in [4.78, 5) is 21.9. The van der Waals surface area contributed by atoms with Gasteiger partial charge in [-0.05, 0) is 19.9 Å². The number of nitrogens with one attached hydrogen (secondary N) is 2. The first-order valence-corrected chi connectivity index (χ1v) is 6.15. The van der Waals surface area contributed by atoms with Gasteiger partial charge in [-0.1, -0.05) is 0 Å². The van der Waals surface area contributed by atoms with Crippen LogP contribution in [0.1, 0.15) is 18.4 Å². The van der Waals surface area contributed by atoms with Crippen LogP contribution in [0.25, 0.3) is 0 Å². The molecule has 0 spiro atoms. The number of anilines is 1. The summed E-state index contributed by atoms with van der Waals surface area (Å²) in [7, 11) is 3.70. The van der Waals surface area contributed by atoms with Crippen LogP contribution in [0, 0.1) is 0 Å². The quantitative estimate of drug-likeness (QED) is 0.737. The fourth-order valence-corrected chi connectivity index (χ4v) is 1.63. The van der Waals surface area contributed by atoms with E-state index in [1.165, 1.54) is 0 Å². The van der Waals surface area contributed by atoms with Crippen molar-refractivity contribution in [3.05, 3.63) is 18.0 Å². The van der Waals surface area contributed by atoms with Gasteiger partial charge >= 0.3 is 0 Å². The molecular weight excluding hydrogens is 230 g/mol. The van der Waals surface area contributed by atoms with Crippen molar-refractivity contribution < 1.29 is 4.79 Å². The lowest BCUT2D eigenvalue weighted by Gasteiger charge is -2.16. The minimum Gasteiger partial charge on any atom is -0.352 e. The van der Waals surface area contributed by atoms with Crippen LogP contribution in [0.5, 0.6) is 0 Å². The number of hydrogen-bond donors (Lipinski definition) is 2. The van der Waals surface area contributed by atoms with Crippen molar-refractivity contribution in [1.29, 1.82) is 0 Å². The van der Waals surface area contributed by atoms with Crippen molar-refractivity contribution in [1.82, 2.24) is 20.6 Å². The Bertz CT molecular complexity index is 401. The number of rotatable bonds is 6. The van der Waals surface area contributed by atoms with Crippen LogP contribution in [0.4, 0.5) is 5.95 Å². The highest BCUT2D eigenvalue weighted by molar-refractivity contribution is 5.81. The van der Waals surface area contributed by atoms with Crippen LogP contribution in [0.2, 0.25) is 0 Å². The molecular formula is C12H19N5O. The third kappa shape index (κ3) is 3.66. The van der Waals surface area contributed by atoms with Gasteiger partial charge in [-0.25, -0.2) is 9.97 Å². The van der Waals surface area contributed by atoms with Gasteiger partial charge in [0.15, 0.2) is 0 Å². The highest BCUT2D eigenvalue weighted by Gasteiger charge is 2.23. The summed E-state index contributed by atoms with van der Waals surface area (Å²) in [5.41, 5.74) is 1.03. The Kier molecular flexibility index (Phi) is 4.09. The van der Waals surface area contributed by atoms with E-state index in [0.717, 1.165) is 24.9 Å². The molecule has 0 saturated heterocycles. The van der Waals surface area contributed by atoms with Crippen LogP contribution in [0.15, 0.2) is 12.4 Å². The summed E-state index contributed by atoms with van der Waals surface area (Å²) in [5.74, 6) is 0.601. The van der Waals surface area contributed by atoms with Crippen molar-refractivity contribution in [3.8, 4) is 0 Å². The molecule has 0 atom stereocenters. The maximum Gasteiger partial charge on any atom is 0.239 e. The molecule has 1 aromatic rings. The van der Waals surface area contributed by atoms with Gasteiger partial charge in [-0.2, -0.15) is 0 Å². The van der Waals surface area contributed by atoms with E-state index in [1.807, 2.05) is 14.1 Å². The molecule has 0 aromatic carbocycles. The van der Waals surface area contributed by atoms with Crippen molar-refractivity contribution in [3.63, 3.8) is 0 Å². The zero-order valence-electron chi connectivity index (χ0n) is 10.8. The molecule has 0 bridgehead atoms. The average Bonchev–Trinajstić information content (AvgIpc) is 3.14. The van der Waals surface area contributed by atoms with E-state index >= 15 is 0 Å². The Morgan fingerprint density at radius 2 is 2.11 bits per heavy atom. The summed E-state index contributed by atoms with van der Waals surface area (Å²) < 4.78 is 0. The number of nitrogens with zero attached hydrogens (tertiary/aromatic N) is 3. The van der Waals surface area contributed by atoms with Gasteiger partial charge in [-0.3, -0.25) is 4.79 Å². The summed E-state index contributed by atoms with van der Waals surface area (Å²) in [6.45, 7) is 1.04. The molecule has 1 aliphatic carbocycles. The predicted octanol–water partition coefficient (Wildman–Crippen LogP) is -0.0892. The summed E-state index contributed by atoms with van der Waals surface area (Å²) in [6, 6.07) is 0.393. The standard InChI is InChI=1S/C12H19N5O/c1-13-5-9-6-14-12(15-7-9)17(2)8-11(18)16-10-3-4-10/h6-7,10,13H,3-5,8H2,1-2H3,(H,16,18). The van der Waals surface area contributed by atoms with Crippen LogP contribution in [-0.2, 0) is 11.3 Å². The molecule has 2 N–H and O–H groups in total. The number of aromatic nitrogens is 2. The Morgan fingerprint density at radius 1 is 1.44 bits per heavy atom. The van der Waals surface area contributed by atoms with Gasteiger partial charge in [0.25, 0.3) is 0 Å². The molecule has 6 heteroatoms. The van der Waals surface area contributed by atoms with E-state index in [-0.39, 0.29) is 5.91 Å². The first-order chi connectivity index (χ1) is 8.69. The first-order valence-electron chi connectivity index (χ1n) is 6.15. The summed E-state index contributed by atoms with van der Waals surface area (Å²) in [5, 5.41) is 5.98. The maximum atomic E-state index is 11.6. The smallest absolute Gasteiger partial charge is 0.239 e. The zero-order chi connectivity index (χ0) is 13.0. The number of hydrogen-bond acceptors (Lipinski definition) is 5. The minimum absolute atomic E-state index is 0.0305. The number of amides is 1. The molecule has 1 amide bonds.